The van der Waals surface area contributed by atoms with Crippen molar-refractivity contribution < 1.29 is 4.74 Å². The zero-order chi connectivity index (χ0) is 6.69. The molecule has 0 aromatic carbocycles. The maximum absolute atomic E-state index is 5.24. The number of methoxy groups -OCH3 is 1. The molecule has 0 aliphatic carbocycles. The smallest absolute Gasteiger partial charge is 0.0721 e. The van der Waals surface area contributed by atoms with Crippen molar-refractivity contribution in [2.75, 3.05) is 20.2 Å². The molecule has 0 spiro atoms. The Kier molecular flexibility index (Phi) is 2.49. The number of rotatable bonds is 1. The van der Waals surface area contributed by atoms with Crippen molar-refractivity contribution in [2.24, 2.45) is 5.92 Å². The number of hydrogen-bond acceptors (Lipinski definition) is 2. The predicted molar refractivity (Wildman–Crippen MR) is 37.4 cm³/mol. The molecule has 0 unspecified atom stereocenters. The molecule has 1 saturated heterocycles. The minimum atomic E-state index is 0.443. The Morgan fingerprint density at radius 2 is 2.33 bits per heavy atom. The van der Waals surface area contributed by atoms with E-state index in [0.717, 1.165) is 19.0 Å². The summed E-state index contributed by atoms with van der Waals surface area (Å²) in [7, 11) is 1.79. The van der Waals surface area contributed by atoms with E-state index in [9.17, 15) is 0 Å². The molecule has 1 aliphatic rings. The van der Waals surface area contributed by atoms with Crippen LogP contribution in [0.4, 0.5) is 0 Å². The van der Waals surface area contributed by atoms with Gasteiger partial charge >= 0.3 is 0 Å². The van der Waals surface area contributed by atoms with Crippen LogP contribution in [0.3, 0.4) is 0 Å². The van der Waals surface area contributed by atoms with Crippen molar-refractivity contribution in [2.45, 2.75) is 19.4 Å². The first kappa shape index (κ1) is 7.03. The second-order valence-electron chi connectivity index (χ2n) is 2.74. The summed E-state index contributed by atoms with van der Waals surface area (Å²) in [6, 6.07) is 0. The first-order valence-electron chi connectivity index (χ1n) is 3.58. The summed E-state index contributed by atoms with van der Waals surface area (Å²) < 4.78 is 5.24. The van der Waals surface area contributed by atoms with Gasteiger partial charge in [0.1, 0.15) is 0 Å². The van der Waals surface area contributed by atoms with Crippen LogP contribution in [0.25, 0.3) is 0 Å². The van der Waals surface area contributed by atoms with Crippen LogP contribution in [0.5, 0.6) is 0 Å². The lowest BCUT2D eigenvalue weighted by Crippen LogP contribution is -2.40. The van der Waals surface area contributed by atoms with E-state index in [-0.39, 0.29) is 0 Å². The normalized spacial score (nSPS) is 36.7. The number of nitrogens with one attached hydrogen (secondary N) is 1. The highest BCUT2D eigenvalue weighted by molar-refractivity contribution is 4.74. The molecule has 0 radical (unpaired) electrons. The standard InChI is InChI=1S/C7H15NO/c1-6-3-4-8-5-7(6)9-2/h6-8H,3-5H2,1-2H3/t6-,7+/m0/s1. The molecule has 2 heteroatoms. The minimum absolute atomic E-state index is 0.443. The highest BCUT2D eigenvalue weighted by Gasteiger charge is 2.19. The molecule has 1 fully saturated rings. The first-order chi connectivity index (χ1) is 4.34. The Hall–Kier alpha value is -0.0800. The highest BCUT2D eigenvalue weighted by atomic mass is 16.5. The van der Waals surface area contributed by atoms with Gasteiger partial charge in [-0.1, -0.05) is 6.92 Å². The summed E-state index contributed by atoms with van der Waals surface area (Å²) in [5, 5.41) is 3.29. The lowest BCUT2D eigenvalue weighted by molar-refractivity contribution is 0.0413. The summed E-state index contributed by atoms with van der Waals surface area (Å²) in [6.07, 6.45) is 1.69. The third kappa shape index (κ3) is 1.66. The van der Waals surface area contributed by atoms with Crippen LogP contribution in [0.1, 0.15) is 13.3 Å². The van der Waals surface area contributed by atoms with Gasteiger partial charge in [-0.15, -0.1) is 0 Å². The second kappa shape index (κ2) is 3.18. The van der Waals surface area contributed by atoms with Crippen molar-refractivity contribution in [1.82, 2.24) is 5.32 Å². The molecule has 2 nitrogen and oxygen atoms in total. The van der Waals surface area contributed by atoms with Crippen molar-refractivity contribution in [3.63, 3.8) is 0 Å². The highest BCUT2D eigenvalue weighted by Crippen LogP contribution is 2.12. The summed E-state index contributed by atoms with van der Waals surface area (Å²) in [4.78, 5) is 0. The van der Waals surface area contributed by atoms with E-state index in [2.05, 4.69) is 12.2 Å². The van der Waals surface area contributed by atoms with E-state index in [1.54, 1.807) is 7.11 Å². The zero-order valence-corrected chi connectivity index (χ0v) is 6.18. The fourth-order valence-electron chi connectivity index (χ4n) is 1.28. The summed E-state index contributed by atoms with van der Waals surface area (Å²) in [5.74, 6) is 0.733. The molecule has 1 heterocycles. The third-order valence-corrected chi connectivity index (χ3v) is 2.06. The summed E-state index contributed by atoms with van der Waals surface area (Å²) in [5.41, 5.74) is 0. The van der Waals surface area contributed by atoms with Crippen LogP contribution in [-0.2, 0) is 4.74 Å². The molecule has 0 aromatic rings. The summed E-state index contributed by atoms with van der Waals surface area (Å²) >= 11 is 0. The third-order valence-electron chi connectivity index (χ3n) is 2.06. The molecule has 9 heavy (non-hydrogen) atoms. The van der Waals surface area contributed by atoms with Crippen molar-refractivity contribution in [1.29, 1.82) is 0 Å². The van der Waals surface area contributed by atoms with Crippen LogP contribution in [0.2, 0.25) is 0 Å². The van der Waals surface area contributed by atoms with Gasteiger partial charge in [-0.3, -0.25) is 0 Å². The fraction of sp³-hybridized carbons (Fsp3) is 1.00. The Morgan fingerprint density at radius 3 is 2.78 bits per heavy atom. The molecule has 0 amide bonds. The van der Waals surface area contributed by atoms with Gasteiger partial charge in [0.05, 0.1) is 6.10 Å². The summed E-state index contributed by atoms with van der Waals surface area (Å²) in [6.45, 7) is 4.42. The lowest BCUT2D eigenvalue weighted by atomic mass is 9.97. The zero-order valence-electron chi connectivity index (χ0n) is 6.18. The molecular weight excluding hydrogens is 114 g/mol. The monoisotopic (exact) mass is 129 g/mol. The van der Waals surface area contributed by atoms with Crippen molar-refractivity contribution in [3.8, 4) is 0 Å². The van der Waals surface area contributed by atoms with Gasteiger partial charge in [-0.2, -0.15) is 0 Å². The molecule has 0 saturated carbocycles. The topological polar surface area (TPSA) is 21.3 Å². The SMILES string of the molecule is CO[C@@H]1CNCC[C@@H]1C. The minimum Gasteiger partial charge on any atom is -0.380 e. The number of hydrogen-bond donors (Lipinski definition) is 1. The number of ether oxygens (including phenoxy) is 1. The number of piperidine rings is 1. The van der Waals surface area contributed by atoms with Gasteiger partial charge in [-0.05, 0) is 18.9 Å². The maximum atomic E-state index is 5.24. The quantitative estimate of drug-likeness (QED) is 0.560. The Labute approximate surface area is 56.6 Å². The van der Waals surface area contributed by atoms with Gasteiger partial charge in [0.25, 0.3) is 0 Å². The van der Waals surface area contributed by atoms with E-state index in [4.69, 9.17) is 4.74 Å². The van der Waals surface area contributed by atoms with Crippen LogP contribution >= 0.6 is 0 Å². The van der Waals surface area contributed by atoms with E-state index >= 15 is 0 Å². The van der Waals surface area contributed by atoms with Gasteiger partial charge < -0.3 is 10.1 Å². The Morgan fingerprint density at radius 1 is 1.56 bits per heavy atom. The van der Waals surface area contributed by atoms with Crippen LogP contribution in [-0.4, -0.2) is 26.3 Å². The molecular formula is C7H15NO. The van der Waals surface area contributed by atoms with Crippen LogP contribution in [0.15, 0.2) is 0 Å². The molecule has 0 bridgehead atoms. The molecule has 2 atom stereocenters. The molecule has 54 valence electrons. The Balaban J connectivity index is 2.30. The molecule has 1 N–H and O–H groups in total. The van der Waals surface area contributed by atoms with Gasteiger partial charge in [0.15, 0.2) is 0 Å². The van der Waals surface area contributed by atoms with Gasteiger partial charge in [0.2, 0.25) is 0 Å². The van der Waals surface area contributed by atoms with E-state index in [1.165, 1.54) is 6.42 Å². The Bertz CT molecular complexity index is 85.0. The second-order valence-corrected chi connectivity index (χ2v) is 2.74. The average Bonchev–Trinajstić information content (AvgIpc) is 1.89. The maximum Gasteiger partial charge on any atom is 0.0721 e. The van der Waals surface area contributed by atoms with Crippen molar-refractivity contribution >= 4 is 0 Å². The van der Waals surface area contributed by atoms with Crippen LogP contribution < -0.4 is 5.32 Å². The molecule has 1 aliphatic heterocycles. The average molecular weight is 129 g/mol. The lowest BCUT2D eigenvalue weighted by Gasteiger charge is -2.27. The van der Waals surface area contributed by atoms with Crippen LogP contribution in [0, 0.1) is 5.92 Å². The van der Waals surface area contributed by atoms with Gasteiger partial charge in [-0.25, -0.2) is 0 Å². The molecule has 0 aromatic heterocycles. The fourth-order valence-corrected chi connectivity index (χ4v) is 1.28. The van der Waals surface area contributed by atoms with Crippen molar-refractivity contribution in [3.05, 3.63) is 0 Å². The van der Waals surface area contributed by atoms with E-state index < -0.39 is 0 Å². The van der Waals surface area contributed by atoms with Gasteiger partial charge in [0, 0.05) is 13.7 Å². The molecule has 1 rings (SSSR count). The first-order valence-corrected chi connectivity index (χ1v) is 3.58. The predicted octanol–water partition coefficient (Wildman–Crippen LogP) is 0.631. The largest absolute Gasteiger partial charge is 0.380 e. The van der Waals surface area contributed by atoms with E-state index in [0.29, 0.717) is 6.10 Å². The van der Waals surface area contributed by atoms with E-state index in [1.807, 2.05) is 0 Å².